The molecule has 0 spiro atoms. The van der Waals surface area contributed by atoms with Gasteiger partial charge < -0.3 is 5.73 Å². The zero-order chi connectivity index (χ0) is 12.9. The molecule has 0 saturated heterocycles. The molecule has 1 aliphatic rings. The fourth-order valence-corrected chi connectivity index (χ4v) is 3.70. The van der Waals surface area contributed by atoms with E-state index in [9.17, 15) is 8.42 Å². The van der Waals surface area contributed by atoms with Crippen LogP contribution in [0.1, 0.15) is 39.5 Å². The Morgan fingerprint density at radius 1 is 1.29 bits per heavy atom. The van der Waals surface area contributed by atoms with Crippen LogP contribution in [0.3, 0.4) is 0 Å². The molecule has 0 heterocycles. The second-order valence-corrected chi connectivity index (χ2v) is 6.49. The highest BCUT2D eigenvalue weighted by Gasteiger charge is 2.23. The first-order valence-electron chi connectivity index (χ1n) is 6.49. The molecule has 0 aromatic heterocycles. The second-order valence-electron chi connectivity index (χ2n) is 4.73. The van der Waals surface area contributed by atoms with E-state index in [1.807, 2.05) is 13.8 Å². The lowest BCUT2D eigenvalue weighted by atomic mass is 9.86. The van der Waals surface area contributed by atoms with Gasteiger partial charge in [-0.3, -0.25) is 0 Å². The predicted octanol–water partition coefficient (Wildman–Crippen LogP) is 0.680. The Labute approximate surface area is 105 Å². The molecule has 5 nitrogen and oxygen atoms in total. The molecule has 0 aliphatic heterocycles. The minimum Gasteiger partial charge on any atom is -0.328 e. The van der Waals surface area contributed by atoms with Crippen LogP contribution in [0.5, 0.6) is 0 Å². The molecular formula is C11H25N3O2S. The fraction of sp³-hybridized carbons (Fsp3) is 1.00. The van der Waals surface area contributed by atoms with Crippen molar-refractivity contribution in [3.05, 3.63) is 0 Å². The standard InChI is InChI=1S/C11H25N3O2S/c1-3-14(4-2)17(15,16)13-9-10-6-5-7-11(12)8-10/h10-11,13H,3-9,12H2,1-2H3. The number of hydrogen-bond acceptors (Lipinski definition) is 3. The summed E-state index contributed by atoms with van der Waals surface area (Å²) in [5.74, 6) is 0.393. The lowest BCUT2D eigenvalue weighted by Gasteiger charge is -2.27. The van der Waals surface area contributed by atoms with E-state index in [2.05, 4.69) is 4.72 Å². The van der Waals surface area contributed by atoms with Crippen LogP contribution in [0, 0.1) is 5.92 Å². The van der Waals surface area contributed by atoms with Crippen LogP contribution in [-0.2, 0) is 10.2 Å². The van der Waals surface area contributed by atoms with E-state index in [1.165, 1.54) is 4.31 Å². The third-order valence-electron chi connectivity index (χ3n) is 3.42. The second kappa shape index (κ2) is 6.68. The van der Waals surface area contributed by atoms with Gasteiger partial charge in [0.15, 0.2) is 0 Å². The zero-order valence-electron chi connectivity index (χ0n) is 10.9. The molecule has 2 unspecified atom stereocenters. The summed E-state index contributed by atoms with van der Waals surface area (Å²) in [7, 11) is -3.30. The van der Waals surface area contributed by atoms with Gasteiger partial charge in [-0.05, 0) is 25.2 Å². The van der Waals surface area contributed by atoms with Gasteiger partial charge in [0.05, 0.1) is 0 Å². The van der Waals surface area contributed by atoms with Crippen LogP contribution in [0.4, 0.5) is 0 Å². The highest BCUT2D eigenvalue weighted by molar-refractivity contribution is 7.87. The molecule has 0 radical (unpaired) electrons. The van der Waals surface area contributed by atoms with Crippen molar-refractivity contribution in [3.8, 4) is 0 Å². The molecule has 1 fully saturated rings. The fourth-order valence-electron chi connectivity index (χ4n) is 2.40. The van der Waals surface area contributed by atoms with Crippen molar-refractivity contribution in [1.82, 2.24) is 9.03 Å². The molecular weight excluding hydrogens is 238 g/mol. The summed E-state index contributed by atoms with van der Waals surface area (Å²) in [5.41, 5.74) is 5.89. The SMILES string of the molecule is CCN(CC)S(=O)(=O)NCC1CCCC(N)C1. The van der Waals surface area contributed by atoms with Crippen LogP contribution in [0.2, 0.25) is 0 Å². The van der Waals surface area contributed by atoms with Crippen molar-refractivity contribution in [3.63, 3.8) is 0 Å². The largest absolute Gasteiger partial charge is 0.328 e. The molecule has 6 heteroatoms. The first-order valence-corrected chi connectivity index (χ1v) is 7.93. The molecule has 1 rings (SSSR count). The van der Waals surface area contributed by atoms with Gasteiger partial charge in [-0.1, -0.05) is 20.3 Å². The highest BCUT2D eigenvalue weighted by Crippen LogP contribution is 2.22. The van der Waals surface area contributed by atoms with Crippen LogP contribution < -0.4 is 10.5 Å². The lowest BCUT2D eigenvalue weighted by molar-refractivity contribution is 0.319. The monoisotopic (exact) mass is 263 g/mol. The molecule has 17 heavy (non-hydrogen) atoms. The van der Waals surface area contributed by atoms with E-state index in [4.69, 9.17) is 5.73 Å². The van der Waals surface area contributed by atoms with Gasteiger partial charge in [-0.15, -0.1) is 0 Å². The lowest BCUT2D eigenvalue weighted by Crippen LogP contribution is -2.43. The molecule has 2 atom stereocenters. The Bertz CT molecular complexity index is 315. The average molecular weight is 263 g/mol. The smallest absolute Gasteiger partial charge is 0.279 e. The van der Waals surface area contributed by atoms with Crippen molar-refractivity contribution in [2.45, 2.75) is 45.6 Å². The van der Waals surface area contributed by atoms with E-state index in [1.54, 1.807) is 0 Å². The predicted molar refractivity (Wildman–Crippen MR) is 69.8 cm³/mol. The van der Waals surface area contributed by atoms with Crippen molar-refractivity contribution < 1.29 is 8.42 Å². The molecule has 1 saturated carbocycles. The van der Waals surface area contributed by atoms with E-state index >= 15 is 0 Å². The molecule has 0 aromatic carbocycles. The summed E-state index contributed by atoms with van der Waals surface area (Å²) >= 11 is 0. The van der Waals surface area contributed by atoms with E-state index in [0.29, 0.717) is 25.6 Å². The molecule has 1 aliphatic carbocycles. The zero-order valence-corrected chi connectivity index (χ0v) is 11.7. The van der Waals surface area contributed by atoms with Gasteiger partial charge in [0.25, 0.3) is 10.2 Å². The maximum Gasteiger partial charge on any atom is 0.279 e. The Morgan fingerprint density at radius 2 is 1.94 bits per heavy atom. The summed E-state index contributed by atoms with van der Waals surface area (Å²) in [6.45, 7) is 5.23. The number of hydrogen-bond donors (Lipinski definition) is 2. The van der Waals surface area contributed by atoms with Crippen LogP contribution in [0.25, 0.3) is 0 Å². The summed E-state index contributed by atoms with van der Waals surface area (Å²) in [4.78, 5) is 0. The van der Waals surface area contributed by atoms with Gasteiger partial charge in [0, 0.05) is 25.7 Å². The maximum atomic E-state index is 11.9. The Hall–Kier alpha value is -0.170. The van der Waals surface area contributed by atoms with E-state index in [0.717, 1.165) is 25.7 Å². The normalized spacial score (nSPS) is 26.4. The van der Waals surface area contributed by atoms with E-state index in [-0.39, 0.29) is 6.04 Å². The van der Waals surface area contributed by atoms with Crippen molar-refractivity contribution in [1.29, 1.82) is 0 Å². The third kappa shape index (κ3) is 4.54. The van der Waals surface area contributed by atoms with Gasteiger partial charge in [0.1, 0.15) is 0 Å². The van der Waals surface area contributed by atoms with Crippen molar-refractivity contribution in [2.24, 2.45) is 11.7 Å². The Morgan fingerprint density at radius 3 is 2.47 bits per heavy atom. The Kier molecular flexibility index (Phi) is 5.85. The molecule has 3 N–H and O–H groups in total. The number of rotatable bonds is 6. The van der Waals surface area contributed by atoms with Crippen molar-refractivity contribution >= 4 is 10.2 Å². The minimum atomic E-state index is -3.30. The quantitative estimate of drug-likeness (QED) is 0.740. The van der Waals surface area contributed by atoms with Gasteiger partial charge in [0.2, 0.25) is 0 Å². The third-order valence-corrected chi connectivity index (χ3v) is 5.15. The van der Waals surface area contributed by atoms with Gasteiger partial charge in [-0.2, -0.15) is 12.7 Å². The van der Waals surface area contributed by atoms with Gasteiger partial charge >= 0.3 is 0 Å². The van der Waals surface area contributed by atoms with Gasteiger partial charge in [-0.25, -0.2) is 4.72 Å². The first-order chi connectivity index (χ1) is 7.99. The summed E-state index contributed by atoms with van der Waals surface area (Å²) < 4.78 is 27.9. The molecule has 102 valence electrons. The first kappa shape index (κ1) is 14.9. The number of nitrogens with one attached hydrogen (secondary N) is 1. The summed E-state index contributed by atoms with van der Waals surface area (Å²) in [6, 6.07) is 0.242. The van der Waals surface area contributed by atoms with Crippen LogP contribution in [-0.4, -0.2) is 38.4 Å². The minimum absolute atomic E-state index is 0.242. The summed E-state index contributed by atoms with van der Waals surface area (Å²) in [5, 5.41) is 0. The maximum absolute atomic E-state index is 11.9. The number of nitrogens with two attached hydrogens (primary N) is 1. The van der Waals surface area contributed by atoms with Crippen LogP contribution in [0.15, 0.2) is 0 Å². The molecule has 0 aromatic rings. The molecule has 0 bridgehead atoms. The average Bonchev–Trinajstić information content (AvgIpc) is 2.28. The Balaban J connectivity index is 2.43. The van der Waals surface area contributed by atoms with Crippen LogP contribution >= 0.6 is 0 Å². The van der Waals surface area contributed by atoms with Crippen molar-refractivity contribution in [2.75, 3.05) is 19.6 Å². The van der Waals surface area contributed by atoms with E-state index < -0.39 is 10.2 Å². The molecule has 0 amide bonds. The number of nitrogens with zero attached hydrogens (tertiary/aromatic N) is 1. The highest BCUT2D eigenvalue weighted by atomic mass is 32.2. The summed E-state index contributed by atoms with van der Waals surface area (Å²) in [6.07, 6.45) is 4.19. The topological polar surface area (TPSA) is 75.4 Å².